The van der Waals surface area contributed by atoms with E-state index in [2.05, 4.69) is 15.9 Å². The van der Waals surface area contributed by atoms with Crippen LogP contribution >= 0.6 is 15.9 Å². The molecule has 108 valence electrons. The van der Waals surface area contributed by atoms with Gasteiger partial charge < -0.3 is 5.11 Å². The summed E-state index contributed by atoms with van der Waals surface area (Å²) in [5.41, 5.74) is 2.11. The molecule has 0 saturated heterocycles. The van der Waals surface area contributed by atoms with Crippen LogP contribution in [0.5, 0.6) is 0 Å². The normalized spacial score (nSPS) is 12.4. The third kappa shape index (κ3) is 4.87. The van der Waals surface area contributed by atoms with Crippen molar-refractivity contribution in [1.29, 1.82) is 0 Å². The molecule has 0 aliphatic rings. The van der Waals surface area contributed by atoms with Crippen LogP contribution in [0.2, 0.25) is 0 Å². The van der Waals surface area contributed by atoms with Gasteiger partial charge in [-0.3, -0.25) is 4.79 Å². The van der Waals surface area contributed by atoms with Crippen molar-refractivity contribution < 1.29 is 9.90 Å². The van der Waals surface area contributed by atoms with Gasteiger partial charge >= 0.3 is 5.97 Å². The largest absolute Gasteiger partial charge is 0.481 e. The standard InChI is InChI=1S/C18H17BrO2/c19-17-12-5-4-10-15(17)13-16(18(20)21)11-6-9-14-7-2-1-3-8-14/h1-10,12,16H,11,13H2,(H,20,21). The molecule has 0 spiro atoms. The fraction of sp³-hybridized carbons (Fsp3) is 0.167. The van der Waals surface area contributed by atoms with E-state index in [-0.39, 0.29) is 0 Å². The summed E-state index contributed by atoms with van der Waals surface area (Å²) >= 11 is 3.47. The highest BCUT2D eigenvalue weighted by molar-refractivity contribution is 9.10. The minimum Gasteiger partial charge on any atom is -0.481 e. The predicted octanol–water partition coefficient (Wildman–Crippen LogP) is 4.80. The van der Waals surface area contributed by atoms with Gasteiger partial charge in [0.2, 0.25) is 0 Å². The Morgan fingerprint density at radius 3 is 2.43 bits per heavy atom. The summed E-state index contributed by atoms with van der Waals surface area (Å²) in [5, 5.41) is 9.37. The molecule has 0 radical (unpaired) electrons. The van der Waals surface area contributed by atoms with E-state index in [1.54, 1.807) is 0 Å². The summed E-state index contributed by atoms with van der Waals surface area (Å²) in [6.07, 6.45) is 4.95. The highest BCUT2D eigenvalue weighted by Crippen LogP contribution is 2.21. The number of carboxylic acids is 1. The molecule has 0 heterocycles. The fourth-order valence-corrected chi connectivity index (χ4v) is 2.58. The lowest BCUT2D eigenvalue weighted by molar-refractivity contribution is -0.141. The predicted molar refractivity (Wildman–Crippen MR) is 89.1 cm³/mol. The molecule has 0 amide bonds. The molecule has 0 saturated carbocycles. The number of hydrogen-bond donors (Lipinski definition) is 1. The van der Waals surface area contributed by atoms with Crippen molar-refractivity contribution in [2.24, 2.45) is 5.92 Å². The Morgan fingerprint density at radius 1 is 1.10 bits per heavy atom. The molecule has 2 rings (SSSR count). The highest BCUT2D eigenvalue weighted by Gasteiger charge is 2.17. The van der Waals surface area contributed by atoms with Crippen LogP contribution < -0.4 is 0 Å². The quantitative estimate of drug-likeness (QED) is 0.817. The van der Waals surface area contributed by atoms with Crippen molar-refractivity contribution in [3.8, 4) is 0 Å². The molecule has 21 heavy (non-hydrogen) atoms. The molecule has 0 aliphatic heterocycles. The molecule has 0 bridgehead atoms. The Hall–Kier alpha value is -1.87. The van der Waals surface area contributed by atoms with Crippen molar-refractivity contribution in [2.45, 2.75) is 12.8 Å². The Balaban J connectivity index is 2.02. The lowest BCUT2D eigenvalue weighted by Gasteiger charge is -2.11. The van der Waals surface area contributed by atoms with E-state index in [4.69, 9.17) is 0 Å². The van der Waals surface area contributed by atoms with Gasteiger partial charge in [0.1, 0.15) is 0 Å². The number of rotatable bonds is 6. The van der Waals surface area contributed by atoms with E-state index in [0.29, 0.717) is 12.8 Å². The second-order valence-electron chi connectivity index (χ2n) is 4.88. The SMILES string of the molecule is O=C(O)C(CC=Cc1ccccc1)Cc1ccccc1Br. The topological polar surface area (TPSA) is 37.3 Å². The average molecular weight is 345 g/mol. The zero-order chi connectivity index (χ0) is 15.1. The number of halogens is 1. The van der Waals surface area contributed by atoms with Gasteiger partial charge in [0.15, 0.2) is 0 Å². The molecule has 0 fully saturated rings. The van der Waals surface area contributed by atoms with Crippen LogP contribution in [0.15, 0.2) is 65.1 Å². The monoisotopic (exact) mass is 344 g/mol. The molecule has 1 atom stereocenters. The molecule has 2 aromatic carbocycles. The first-order valence-electron chi connectivity index (χ1n) is 6.84. The average Bonchev–Trinajstić information content (AvgIpc) is 2.49. The minimum absolute atomic E-state index is 0.413. The van der Waals surface area contributed by atoms with Gasteiger partial charge in [-0.2, -0.15) is 0 Å². The van der Waals surface area contributed by atoms with Crippen LogP contribution in [-0.2, 0) is 11.2 Å². The lowest BCUT2D eigenvalue weighted by Crippen LogP contribution is -2.15. The van der Waals surface area contributed by atoms with Gasteiger partial charge in [0.25, 0.3) is 0 Å². The second kappa shape index (κ2) is 7.79. The third-order valence-electron chi connectivity index (χ3n) is 3.30. The highest BCUT2D eigenvalue weighted by atomic mass is 79.9. The molecule has 0 aromatic heterocycles. The van der Waals surface area contributed by atoms with Crippen LogP contribution in [0.3, 0.4) is 0 Å². The Bertz CT molecular complexity index is 620. The van der Waals surface area contributed by atoms with Crippen LogP contribution in [0.25, 0.3) is 6.08 Å². The third-order valence-corrected chi connectivity index (χ3v) is 4.08. The van der Waals surface area contributed by atoms with Gasteiger partial charge in [-0.05, 0) is 30.0 Å². The number of benzene rings is 2. The fourth-order valence-electron chi connectivity index (χ4n) is 2.13. The van der Waals surface area contributed by atoms with E-state index in [1.807, 2.05) is 66.7 Å². The summed E-state index contributed by atoms with van der Waals surface area (Å²) < 4.78 is 0.961. The Kier molecular flexibility index (Phi) is 5.76. The Morgan fingerprint density at radius 2 is 1.76 bits per heavy atom. The first kappa shape index (κ1) is 15.5. The van der Waals surface area contributed by atoms with Gasteiger partial charge in [0.05, 0.1) is 5.92 Å². The number of hydrogen-bond acceptors (Lipinski definition) is 1. The summed E-state index contributed by atoms with van der Waals surface area (Å²) in [7, 11) is 0. The maximum Gasteiger partial charge on any atom is 0.307 e. The maximum atomic E-state index is 11.4. The Labute approximate surface area is 133 Å². The molecule has 3 heteroatoms. The zero-order valence-electron chi connectivity index (χ0n) is 11.6. The molecule has 1 N–H and O–H groups in total. The van der Waals surface area contributed by atoms with E-state index >= 15 is 0 Å². The summed E-state index contributed by atoms with van der Waals surface area (Å²) in [6, 6.07) is 17.7. The van der Waals surface area contributed by atoms with Gasteiger partial charge in [-0.15, -0.1) is 0 Å². The van der Waals surface area contributed by atoms with E-state index in [0.717, 1.165) is 15.6 Å². The summed E-state index contributed by atoms with van der Waals surface area (Å²) in [6.45, 7) is 0. The van der Waals surface area contributed by atoms with Crippen molar-refractivity contribution >= 4 is 28.0 Å². The number of carbonyl (C=O) groups is 1. The smallest absolute Gasteiger partial charge is 0.307 e. The molecule has 1 unspecified atom stereocenters. The van der Waals surface area contributed by atoms with E-state index in [1.165, 1.54) is 0 Å². The first-order valence-corrected chi connectivity index (χ1v) is 7.64. The number of carboxylic acid groups (broad SMARTS) is 1. The van der Waals surface area contributed by atoms with Gasteiger partial charge in [0, 0.05) is 4.47 Å². The number of allylic oxidation sites excluding steroid dienone is 1. The number of aliphatic carboxylic acids is 1. The van der Waals surface area contributed by atoms with Crippen LogP contribution in [-0.4, -0.2) is 11.1 Å². The van der Waals surface area contributed by atoms with E-state index in [9.17, 15) is 9.90 Å². The first-order chi connectivity index (χ1) is 10.2. The van der Waals surface area contributed by atoms with E-state index < -0.39 is 11.9 Å². The van der Waals surface area contributed by atoms with Gasteiger partial charge in [-0.25, -0.2) is 0 Å². The molecular weight excluding hydrogens is 328 g/mol. The maximum absolute atomic E-state index is 11.4. The van der Waals surface area contributed by atoms with Crippen LogP contribution in [0.1, 0.15) is 17.5 Å². The second-order valence-corrected chi connectivity index (χ2v) is 5.73. The zero-order valence-corrected chi connectivity index (χ0v) is 13.2. The van der Waals surface area contributed by atoms with Gasteiger partial charge in [-0.1, -0.05) is 76.6 Å². The minimum atomic E-state index is -0.761. The molecule has 2 aromatic rings. The summed E-state index contributed by atoms with van der Waals surface area (Å²) in [5.74, 6) is -1.17. The lowest BCUT2D eigenvalue weighted by atomic mass is 9.96. The van der Waals surface area contributed by atoms with Crippen molar-refractivity contribution in [2.75, 3.05) is 0 Å². The van der Waals surface area contributed by atoms with Crippen molar-refractivity contribution in [3.05, 3.63) is 76.3 Å². The molecule has 0 aliphatic carbocycles. The van der Waals surface area contributed by atoms with Crippen molar-refractivity contribution in [1.82, 2.24) is 0 Å². The van der Waals surface area contributed by atoms with Crippen molar-refractivity contribution in [3.63, 3.8) is 0 Å². The van der Waals surface area contributed by atoms with Crippen LogP contribution in [0, 0.1) is 5.92 Å². The van der Waals surface area contributed by atoms with Crippen LogP contribution in [0.4, 0.5) is 0 Å². The summed E-state index contributed by atoms with van der Waals surface area (Å²) in [4.78, 5) is 11.4. The molecular formula is C18H17BrO2. The molecule has 2 nitrogen and oxygen atoms in total.